The third kappa shape index (κ3) is 5.99. The summed E-state index contributed by atoms with van der Waals surface area (Å²) in [7, 11) is 0. The van der Waals surface area contributed by atoms with Crippen LogP contribution in [0.2, 0.25) is 0 Å². The number of rotatable bonds is 7. The average molecular weight is 443 g/mol. The maximum absolute atomic E-state index is 14.5. The molecule has 2 aromatic heterocycles. The molecule has 1 aliphatic carbocycles. The Morgan fingerprint density at radius 2 is 1.94 bits per heavy atom. The molecule has 3 aromatic rings. The van der Waals surface area contributed by atoms with E-state index in [0.717, 1.165) is 25.3 Å². The molecule has 1 aliphatic rings. The van der Waals surface area contributed by atoms with Crippen LogP contribution in [0.25, 0.3) is 0 Å². The van der Waals surface area contributed by atoms with Gasteiger partial charge in [0.2, 0.25) is 0 Å². The van der Waals surface area contributed by atoms with E-state index >= 15 is 0 Å². The second-order valence-electron chi connectivity index (χ2n) is 8.02. The first-order chi connectivity index (χ1) is 15.1. The molecule has 4 rings (SSSR count). The minimum atomic E-state index is -0.578. The molecule has 31 heavy (non-hydrogen) atoms. The number of hydrogen-bond donors (Lipinski definition) is 1. The minimum absolute atomic E-state index is 0.234. The number of nitrogens with two attached hydrogens (primary N) is 1. The zero-order valence-corrected chi connectivity index (χ0v) is 18.2. The summed E-state index contributed by atoms with van der Waals surface area (Å²) in [4.78, 5) is 5.45. The summed E-state index contributed by atoms with van der Waals surface area (Å²) < 4.78 is 29.6. The third-order valence-corrected chi connectivity index (χ3v) is 7.16. The Bertz CT molecular complexity index is 932. The van der Waals surface area contributed by atoms with E-state index in [-0.39, 0.29) is 12.0 Å². The lowest BCUT2D eigenvalue weighted by molar-refractivity contribution is 0.274. The molecule has 1 aromatic carbocycles. The molecule has 0 spiro atoms. The van der Waals surface area contributed by atoms with Crippen molar-refractivity contribution in [1.82, 2.24) is 14.8 Å². The van der Waals surface area contributed by atoms with Crippen molar-refractivity contribution < 1.29 is 8.78 Å². The summed E-state index contributed by atoms with van der Waals surface area (Å²) >= 11 is 1.84. The number of thiophene rings is 1. The predicted molar refractivity (Wildman–Crippen MR) is 121 cm³/mol. The van der Waals surface area contributed by atoms with E-state index in [9.17, 15) is 8.78 Å². The third-order valence-electron chi connectivity index (χ3n) is 6.13. The van der Waals surface area contributed by atoms with Gasteiger partial charge in [0.05, 0.1) is 6.54 Å². The molecular formula is C24H28F2N4S. The van der Waals surface area contributed by atoms with Gasteiger partial charge in [-0.1, -0.05) is 12.1 Å². The lowest BCUT2D eigenvalue weighted by atomic mass is 9.76. The molecule has 7 heteroatoms. The molecule has 0 aliphatic heterocycles. The zero-order valence-electron chi connectivity index (χ0n) is 17.4. The van der Waals surface area contributed by atoms with Crippen LogP contribution in [0.4, 0.5) is 8.78 Å². The second kappa shape index (κ2) is 11.2. The van der Waals surface area contributed by atoms with Crippen LogP contribution in [-0.4, -0.2) is 20.8 Å². The zero-order chi connectivity index (χ0) is 22.2. The number of halogens is 2. The van der Waals surface area contributed by atoms with E-state index in [1.165, 1.54) is 36.2 Å². The van der Waals surface area contributed by atoms with Crippen molar-refractivity contribution in [3.8, 4) is 12.8 Å². The lowest BCUT2D eigenvalue weighted by Gasteiger charge is -2.32. The van der Waals surface area contributed by atoms with Crippen LogP contribution in [0, 0.1) is 30.4 Å². The minimum Gasteiger partial charge on any atom is -0.327 e. The first-order valence-corrected chi connectivity index (χ1v) is 11.4. The smallest absolute Gasteiger partial charge is 0.137 e. The average Bonchev–Trinajstić information content (AvgIpc) is 3.49. The van der Waals surface area contributed by atoms with Crippen LogP contribution in [0.5, 0.6) is 0 Å². The molecule has 2 heterocycles. The number of nitrogens with zero attached hydrogens (tertiary/aromatic N) is 3. The Labute approximate surface area is 186 Å². The molecule has 0 amide bonds. The normalized spacial score (nSPS) is 20.4. The van der Waals surface area contributed by atoms with Crippen molar-refractivity contribution in [3.63, 3.8) is 0 Å². The number of hydrogen-bond acceptors (Lipinski definition) is 4. The Morgan fingerprint density at radius 1 is 1.16 bits per heavy atom. The van der Waals surface area contributed by atoms with Gasteiger partial charge in [-0.05, 0) is 67.0 Å². The van der Waals surface area contributed by atoms with Crippen LogP contribution in [0.15, 0.2) is 48.4 Å². The van der Waals surface area contributed by atoms with Crippen molar-refractivity contribution in [2.45, 2.75) is 56.5 Å². The Balaban J connectivity index is 0.00000132. The fraction of sp³-hybridized carbons (Fsp3) is 0.417. The Kier molecular flexibility index (Phi) is 8.33. The maximum Gasteiger partial charge on any atom is 0.137 e. The Morgan fingerprint density at radius 3 is 2.55 bits per heavy atom. The fourth-order valence-corrected chi connectivity index (χ4v) is 5.45. The number of terminal acetylenes is 1. The van der Waals surface area contributed by atoms with Gasteiger partial charge in [-0.3, -0.25) is 4.68 Å². The fourth-order valence-electron chi connectivity index (χ4n) is 4.55. The summed E-state index contributed by atoms with van der Waals surface area (Å²) in [6.07, 6.45) is 16.5. The van der Waals surface area contributed by atoms with Gasteiger partial charge in [-0.25, -0.2) is 13.8 Å². The van der Waals surface area contributed by atoms with E-state index in [4.69, 9.17) is 5.73 Å². The van der Waals surface area contributed by atoms with Gasteiger partial charge >= 0.3 is 0 Å². The maximum atomic E-state index is 14.5. The molecule has 0 bridgehead atoms. The lowest BCUT2D eigenvalue weighted by Crippen LogP contribution is -2.35. The highest BCUT2D eigenvalue weighted by atomic mass is 32.1. The van der Waals surface area contributed by atoms with Crippen molar-refractivity contribution in [3.05, 3.63) is 70.4 Å². The standard InChI is InChI=1S/C22H26F2N4S.C2H2/c23-17-7-8-18(20(24)11-17)19(12-28-14-26-13-27-28)21(25)10-15-3-5-16(6-4-15)22-2-1-9-29-22;1-2/h1-2,7-9,11,13-16,19,21H,3-6,10,12,25H2;1-2H. The van der Waals surface area contributed by atoms with E-state index in [2.05, 4.69) is 40.4 Å². The van der Waals surface area contributed by atoms with Gasteiger partial charge in [0, 0.05) is 22.9 Å². The van der Waals surface area contributed by atoms with Gasteiger partial charge in [-0.2, -0.15) is 5.10 Å². The molecular weight excluding hydrogens is 414 g/mol. The molecule has 2 atom stereocenters. The molecule has 1 saturated carbocycles. The summed E-state index contributed by atoms with van der Waals surface area (Å²) in [5.74, 6) is -0.226. The first kappa shape index (κ1) is 23.1. The highest BCUT2D eigenvalue weighted by molar-refractivity contribution is 7.10. The van der Waals surface area contributed by atoms with Crippen molar-refractivity contribution in [2.24, 2.45) is 11.7 Å². The van der Waals surface area contributed by atoms with Crippen molar-refractivity contribution >= 4 is 11.3 Å². The molecule has 1 fully saturated rings. The summed E-state index contributed by atoms with van der Waals surface area (Å²) in [6.45, 7) is 0.425. The highest BCUT2D eigenvalue weighted by Gasteiger charge is 2.29. The van der Waals surface area contributed by atoms with E-state index < -0.39 is 11.6 Å². The van der Waals surface area contributed by atoms with Crippen LogP contribution in [0.3, 0.4) is 0 Å². The first-order valence-electron chi connectivity index (χ1n) is 10.5. The van der Waals surface area contributed by atoms with Gasteiger partial charge < -0.3 is 5.73 Å². The summed E-state index contributed by atoms with van der Waals surface area (Å²) in [5, 5.41) is 6.29. The van der Waals surface area contributed by atoms with Gasteiger partial charge in [-0.15, -0.1) is 24.2 Å². The van der Waals surface area contributed by atoms with E-state index in [1.807, 2.05) is 11.3 Å². The second-order valence-corrected chi connectivity index (χ2v) is 9.00. The largest absolute Gasteiger partial charge is 0.327 e. The van der Waals surface area contributed by atoms with Crippen molar-refractivity contribution in [2.75, 3.05) is 0 Å². The number of benzene rings is 1. The van der Waals surface area contributed by atoms with Crippen LogP contribution in [-0.2, 0) is 6.54 Å². The highest BCUT2D eigenvalue weighted by Crippen LogP contribution is 2.40. The van der Waals surface area contributed by atoms with Crippen LogP contribution < -0.4 is 5.73 Å². The van der Waals surface area contributed by atoms with E-state index in [1.54, 1.807) is 11.0 Å². The summed E-state index contributed by atoms with van der Waals surface area (Å²) in [6, 6.07) is 7.86. The SMILES string of the molecule is C#C.NC(CC1CCC(c2cccs2)CC1)C(Cn1cncn1)c1ccc(F)cc1F. The molecule has 2 unspecified atom stereocenters. The molecule has 164 valence electrons. The quantitative estimate of drug-likeness (QED) is 0.502. The summed E-state index contributed by atoms with van der Waals surface area (Å²) in [5.41, 5.74) is 7.06. The van der Waals surface area contributed by atoms with E-state index in [0.29, 0.717) is 23.9 Å². The monoisotopic (exact) mass is 442 g/mol. The predicted octanol–water partition coefficient (Wildman–Crippen LogP) is 5.34. The topological polar surface area (TPSA) is 56.7 Å². The molecule has 0 saturated heterocycles. The molecule has 4 nitrogen and oxygen atoms in total. The van der Waals surface area contributed by atoms with Crippen LogP contribution in [0.1, 0.15) is 54.4 Å². The van der Waals surface area contributed by atoms with Gasteiger partial charge in [0.1, 0.15) is 24.3 Å². The Hall–Kier alpha value is -2.56. The molecule has 0 radical (unpaired) electrons. The number of aromatic nitrogens is 3. The van der Waals surface area contributed by atoms with Gasteiger partial charge in [0.25, 0.3) is 0 Å². The van der Waals surface area contributed by atoms with Gasteiger partial charge in [0.15, 0.2) is 0 Å². The van der Waals surface area contributed by atoms with Crippen molar-refractivity contribution in [1.29, 1.82) is 0 Å². The molecule has 2 N–H and O–H groups in total. The van der Waals surface area contributed by atoms with Crippen LogP contribution >= 0.6 is 11.3 Å².